The number of aromatic nitrogens is 3. The van der Waals surface area contributed by atoms with Crippen molar-refractivity contribution in [2.24, 2.45) is 0 Å². The van der Waals surface area contributed by atoms with Crippen LogP contribution in [-0.4, -0.2) is 51.4 Å². The molecule has 4 aromatic rings. The Morgan fingerprint density at radius 2 is 2.00 bits per heavy atom. The molecule has 3 aromatic heterocycles. The first kappa shape index (κ1) is 18.1. The van der Waals surface area contributed by atoms with Crippen LogP contribution in [0.1, 0.15) is 23.2 Å². The fourth-order valence-corrected chi connectivity index (χ4v) is 4.30. The van der Waals surface area contributed by atoms with Crippen LogP contribution >= 0.6 is 11.6 Å². The molecule has 29 heavy (non-hydrogen) atoms. The highest BCUT2D eigenvalue weighted by molar-refractivity contribution is 6.30. The van der Waals surface area contributed by atoms with Gasteiger partial charge in [-0.2, -0.15) is 0 Å². The molecule has 1 aliphatic heterocycles. The van der Waals surface area contributed by atoms with Gasteiger partial charge < -0.3 is 15.2 Å². The van der Waals surface area contributed by atoms with Gasteiger partial charge in [0.25, 0.3) is 5.91 Å². The molecule has 1 fully saturated rings. The van der Waals surface area contributed by atoms with Gasteiger partial charge >= 0.3 is 0 Å². The van der Waals surface area contributed by atoms with E-state index < -0.39 is 0 Å². The fourth-order valence-electron chi connectivity index (χ4n) is 4.15. The first-order chi connectivity index (χ1) is 14.0. The maximum Gasteiger partial charge on any atom is 0.259 e. The number of carbonyl (C=O) groups excluding carboxylic acids is 1. The molecule has 0 atom stereocenters. The molecule has 148 valence electrons. The zero-order chi connectivity index (χ0) is 20.1. The highest BCUT2D eigenvalue weighted by atomic mass is 35.5. The minimum Gasteiger partial charge on any atom is -0.349 e. The number of rotatable bonds is 2. The van der Waals surface area contributed by atoms with Crippen molar-refractivity contribution in [3.05, 3.63) is 57.5 Å². The zero-order valence-corrected chi connectivity index (χ0v) is 16.7. The number of nitrogens with zero attached hydrogens (tertiary/aromatic N) is 3. The van der Waals surface area contributed by atoms with Crippen LogP contribution in [0.3, 0.4) is 0 Å². The fraction of sp³-hybridized carbons (Fsp3) is 0.286. The molecule has 0 radical (unpaired) electrons. The van der Waals surface area contributed by atoms with Crippen molar-refractivity contribution in [3.63, 3.8) is 0 Å². The molecule has 0 aliphatic carbocycles. The van der Waals surface area contributed by atoms with Crippen LogP contribution in [-0.2, 0) is 0 Å². The van der Waals surface area contributed by atoms with Crippen molar-refractivity contribution in [3.8, 4) is 0 Å². The second-order valence-electron chi connectivity index (χ2n) is 7.61. The van der Waals surface area contributed by atoms with Gasteiger partial charge in [-0.1, -0.05) is 23.7 Å². The van der Waals surface area contributed by atoms with Crippen LogP contribution in [0.25, 0.3) is 27.6 Å². The molecular weight excluding hydrogens is 390 g/mol. The maximum absolute atomic E-state index is 13.3. The molecule has 0 saturated carbocycles. The Labute approximate surface area is 171 Å². The molecule has 0 bridgehead atoms. The van der Waals surface area contributed by atoms with Gasteiger partial charge in [-0.15, -0.1) is 0 Å². The largest absolute Gasteiger partial charge is 0.349 e. The number of likely N-dealkylation sites (tertiary alicyclic amines) is 1. The summed E-state index contributed by atoms with van der Waals surface area (Å²) in [6.07, 6.45) is 3.18. The van der Waals surface area contributed by atoms with E-state index in [0.29, 0.717) is 21.7 Å². The lowest BCUT2D eigenvalue weighted by Crippen LogP contribution is -2.44. The number of imidazole rings is 1. The maximum atomic E-state index is 13.3. The lowest BCUT2D eigenvalue weighted by molar-refractivity contribution is 0.0917. The van der Waals surface area contributed by atoms with E-state index in [-0.39, 0.29) is 22.9 Å². The Morgan fingerprint density at radius 3 is 2.79 bits per heavy atom. The standard InChI is InChI=1S/C21H20ClN5O2/c1-26-8-6-12(7-9-26)24-21(29)18-19(28)13-11-23-17(22)10-16(13)27-15-5-3-2-4-14(15)25-20(18)27/h2-5,10-12,25H,6-9H2,1H3,(H,24,29). The van der Waals surface area contributed by atoms with Gasteiger partial charge in [0.05, 0.1) is 21.9 Å². The Kier molecular flexibility index (Phi) is 4.29. The quantitative estimate of drug-likeness (QED) is 0.499. The number of H-pyrrole nitrogens is 1. The molecule has 5 rings (SSSR count). The van der Waals surface area contributed by atoms with Crippen LogP contribution in [0.2, 0.25) is 5.15 Å². The van der Waals surface area contributed by atoms with Crippen LogP contribution in [0, 0.1) is 0 Å². The number of fused-ring (bicyclic) bond motifs is 5. The monoisotopic (exact) mass is 409 g/mol. The van der Waals surface area contributed by atoms with Crippen molar-refractivity contribution in [1.29, 1.82) is 0 Å². The van der Waals surface area contributed by atoms with Gasteiger partial charge in [0.15, 0.2) is 0 Å². The Balaban J connectivity index is 1.74. The first-order valence-corrected chi connectivity index (χ1v) is 10.0. The number of hydrogen-bond donors (Lipinski definition) is 2. The second kappa shape index (κ2) is 6.86. The molecule has 1 aromatic carbocycles. The third-order valence-corrected chi connectivity index (χ3v) is 5.91. The summed E-state index contributed by atoms with van der Waals surface area (Å²) in [6.45, 7) is 1.84. The topological polar surface area (TPSA) is 82.5 Å². The van der Waals surface area contributed by atoms with Crippen LogP contribution in [0.15, 0.2) is 41.3 Å². The lowest BCUT2D eigenvalue weighted by atomic mass is 10.0. The normalized spacial score (nSPS) is 16.1. The number of amides is 1. The van der Waals surface area contributed by atoms with Gasteiger partial charge in [0.1, 0.15) is 16.4 Å². The van der Waals surface area contributed by atoms with Gasteiger partial charge in [-0.25, -0.2) is 4.98 Å². The smallest absolute Gasteiger partial charge is 0.259 e. The molecule has 1 saturated heterocycles. The summed E-state index contributed by atoms with van der Waals surface area (Å²) in [6, 6.07) is 9.40. The number of para-hydroxylation sites is 2. The zero-order valence-electron chi connectivity index (χ0n) is 15.9. The van der Waals surface area contributed by atoms with Gasteiger partial charge in [-0.3, -0.25) is 14.0 Å². The molecule has 0 unspecified atom stereocenters. The summed E-state index contributed by atoms with van der Waals surface area (Å²) in [5, 5.41) is 3.72. The van der Waals surface area contributed by atoms with Gasteiger partial charge in [-0.05, 0) is 45.1 Å². The van der Waals surface area contributed by atoms with E-state index in [1.54, 1.807) is 6.07 Å². The number of piperidine rings is 1. The predicted molar refractivity (Wildman–Crippen MR) is 114 cm³/mol. The van der Waals surface area contributed by atoms with Crippen LogP contribution in [0.5, 0.6) is 0 Å². The molecule has 4 heterocycles. The highest BCUT2D eigenvalue weighted by Crippen LogP contribution is 2.25. The average molecular weight is 410 g/mol. The number of nitrogens with one attached hydrogen (secondary N) is 2. The Bertz CT molecular complexity index is 1320. The van der Waals surface area contributed by atoms with E-state index in [1.165, 1.54) is 6.20 Å². The first-order valence-electron chi connectivity index (χ1n) is 9.63. The summed E-state index contributed by atoms with van der Waals surface area (Å²) < 4.78 is 1.88. The number of aromatic amines is 1. The summed E-state index contributed by atoms with van der Waals surface area (Å²) in [7, 11) is 2.07. The summed E-state index contributed by atoms with van der Waals surface area (Å²) in [4.78, 5) is 36.1. The van der Waals surface area contributed by atoms with Gasteiger partial charge in [0, 0.05) is 18.3 Å². The molecule has 7 nitrogen and oxygen atoms in total. The number of halogens is 1. The molecule has 1 amide bonds. The Hall–Kier alpha value is -2.90. The summed E-state index contributed by atoms with van der Waals surface area (Å²) in [5.74, 6) is -0.356. The number of carbonyl (C=O) groups is 1. The number of hydrogen-bond acceptors (Lipinski definition) is 4. The highest BCUT2D eigenvalue weighted by Gasteiger charge is 2.25. The van der Waals surface area contributed by atoms with Crippen LogP contribution in [0.4, 0.5) is 0 Å². The molecule has 2 N–H and O–H groups in total. The van der Waals surface area contributed by atoms with Crippen molar-refractivity contribution < 1.29 is 4.79 Å². The molecular formula is C21H20ClN5O2. The lowest BCUT2D eigenvalue weighted by Gasteiger charge is -2.29. The molecule has 0 spiro atoms. The van der Waals surface area contributed by atoms with E-state index in [9.17, 15) is 9.59 Å². The molecule has 1 aliphatic rings. The number of benzene rings is 1. The predicted octanol–water partition coefficient (Wildman–Crippen LogP) is 2.81. The minimum absolute atomic E-state index is 0.0570. The van der Waals surface area contributed by atoms with Crippen molar-refractivity contribution >= 4 is 45.1 Å². The second-order valence-corrected chi connectivity index (χ2v) is 7.99. The Morgan fingerprint density at radius 1 is 1.24 bits per heavy atom. The average Bonchev–Trinajstić information content (AvgIpc) is 3.09. The third-order valence-electron chi connectivity index (χ3n) is 5.70. The van der Waals surface area contributed by atoms with Crippen LogP contribution < -0.4 is 10.7 Å². The summed E-state index contributed by atoms with van der Waals surface area (Å²) in [5.41, 5.74) is 2.55. The van der Waals surface area contributed by atoms with E-state index in [4.69, 9.17) is 11.6 Å². The summed E-state index contributed by atoms with van der Waals surface area (Å²) >= 11 is 6.11. The van der Waals surface area contributed by atoms with Crippen molar-refractivity contribution in [1.82, 2.24) is 24.6 Å². The van der Waals surface area contributed by atoms with Gasteiger partial charge in [0.2, 0.25) is 5.43 Å². The van der Waals surface area contributed by atoms with Crippen molar-refractivity contribution in [2.75, 3.05) is 20.1 Å². The third kappa shape index (κ3) is 2.97. The SMILES string of the molecule is CN1CCC(NC(=O)c2c(=O)c3cnc(Cl)cc3n3c2[nH]c2ccccc23)CC1. The van der Waals surface area contributed by atoms with Crippen molar-refractivity contribution in [2.45, 2.75) is 18.9 Å². The number of pyridine rings is 2. The van der Waals surface area contributed by atoms with E-state index in [2.05, 4.69) is 27.2 Å². The van der Waals surface area contributed by atoms with E-state index in [0.717, 1.165) is 37.0 Å². The molecule has 8 heteroatoms. The van der Waals surface area contributed by atoms with E-state index in [1.807, 2.05) is 28.7 Å². The van der Waals surface area contributed by atoms with E-state index >= 15 is 0 Å². The minimum atomic E-state index is -0.356.